The lowest BCUT2D eigenvalue weighted by atomic mass is 10.1. The smallest absolute Gasteiger partial charge is 0.407 e. The van der Waals surface area contributed by atoms with Gasteiger partial charge in [-0.15, -0.1) is 0 Å². The molecule has 31 heavy (non-hydrogen) atoms. The molecule has 1 aliphatic rings. The van der Waals surface area contributed by atoms with Crippen molar-refractivity contribution in [3.05, 3.63) is 47.9 Å². The SMILES string of the molecule is Cc1c(NC2CCN(C(=O)O)CC2)ncnc1ONC=Cc1ccc(S(C)(=O)=O)cc1. The number of anilines is 1. The van der Waals surface area contributed by atoms with E-state index >= 15 is 0 Å². The number of carbonyl (C=O) groups is 1. The maximum atomic E-state index is 11.5. The molecule has 1 amide bonds. The van der Waals surface area contributed by atoms with Crippen molar-refractivity contribution in [3.63, 3.8) is 0 Å². The first kappa shape index (κ1) is 22.3. The average Bonchev–Trinajstić information content (AvgIpc) is 2.73. The summed E-state index contributed by atoms with van der Waals surface area (Å²) in [6.45, 7) is 2.80. The van der Waals surface area contributed by atoms with Crippen LogP contribution in [0.15, 0.2) is 41.7 Å². The van der Waals surface area contributed by atoms with Crippen molar-refractivity contribution in [2.75, 3.05) is 24.7 Å². The van der Waals surface area contributed by atoms with Crippen molar-refractivity contribution >= 4 is 27.8 Å². The molecule has 1 saturated heterocycles. The molecule has 0 atom stereocenters. The Labute approximate surface area is 180 Å². The number of nitrogens with zero attached hydrogens (tertiary/aromatic N) is 3. The molecule has 0 saturated carbocycles. The Bertz CT molecular complexity index is 1050. The summed E-state index contributed by atoms with van der Waals surface area (Å²) in [7, 11) is -3.22. The number of aromatic nitrogens is 2. The van der Waals surface area contributed by atoms with Crippen LogP contribution in [0.5, 0.6) is 5.88 Å². The molecule has 1 aromatic heterocycles. The van der Waals surface area contributed by atoms with E-state index in [4.69, 9.17) is 9.94 Å². The Hall–Kier alpha value is -3.34. The summed E-state index contributed by atoms with van der Waals surface area (Å²) in [5.74, 6) is 0.999. The molecular formula is C20H25N5O5S. The van der Waals surface area contributed by atoms with Gasteiger partial charge in [0, 0.05) is 31.6 Å². The third-order valence-corrected chi connectivity index (χ3v) is 6.08. The summed E-state index contributed by atoms with van der Waals surface area (Å²) in [5.41, 5.74) is 4.22. The van der Waals surface area contributed by atoms with Crippen LogP contribution in [0, 0.1) is 6.92 Å². The van der Waals surface area contributed by atoms with Crippen LogP contribution in [0.1, 0.15) is 24.0 Å². The summed E-state index contributed by atoms with van der Waals surface area (Å²) in [4.78, 5) is 26.6. The van der Waals surface area contributed by atoms with Crippen molar-refractivity contribution in [2.24, 2.45) is 0 Å². The van der Waals surface area contributed by atoms with Crippen LogP contribution >= 0.6 is 0 Å². The molecule has 3 rings (SSSR count). The van der Waals surface area contributed by atoms with Crippen LogP contribution in [0.25, 0.3) is 6.08 Å². The van der Waals surface area contributed by atoms with E-state index in [1.54, 1.807) is 36.5 Å². The minimum Gasteiger partial charge on any atom is -0.465 e. The normalized spacial score (nSPS) is 15.1. The lowest BCUT2D eigenvalue weighted by molar-refractivity contribution is 0.133. The summed E-state index contributed by atoms with van der Waals surface area (Å²) in [6, 6.07) is 6.61. The first-order valence-electron chi connectivity index (χ1n) is 9.69. The molecule has 1 aliphatic heterocycles. The van der Waals surface area contributed by atoms with Crippen LogP contribution in [0.3, 0.4) is 0 Å². The second-order valence-electron chi connectivity index (χ2n) is 7.24. The molecule has 3 N–H and O–H groups in total. The number of nitrogens with one attached hydrogen (secondary N) is 2. The molecule has 2 heterocycles. The molecule has 0 spiro atoms. The highest BCUT2D eigenvalue weighted by molar-refractivity contribution is 7.90. The van der Waals surface area contributed by atoms with Gasteiger partial charge in [-0.25, -0.2) is 23.7 Å². The van der Waals surface area contributed by atoms with Gasteiger partial charge in [0.15, 0.2) is 9.84 Å². The predicted molar refractivity (Wildman–Crippen MR) is 115 cm³/mol. The van der Waals surface area contributed by atoms with Gasteiger partial charge in [0.25, 0.3) is 5.88 Å². The van der Waals surface area contributed by atoms with Crippen molar-refractivity contribution in [3.8, 4) is 5.88 Å². The first-order chi connectivity index (χ1) is 14.7. The van der Waals surface area contributed by atoms with Gasteiger partial charge in [-0.3, -0.25) is 0 Å². The minimum atomic E-state index is -3.22. The second kappa shape index (κ2) is 9.65. The molecule has 2 aromatic rings. The largest absolute Gasteiger partial charge is 0.465 e. The fraction of sp³-hybridized carbons (Fsp3) is 0.350. The number of hydrogen-bond donors (Lipinski definition) is 3. The Morgan fingerprint density at radius 1 is 1.23 bits per heavy atom. The molecule has 10 nitrogen and oxygen atoms in total. The van der Waals surface area contributed by atoms with Crippen molar-refractivity contribution in [2.45, 2.75) is 30.7 Å². The quantitative estimate of drug-likeness (QED) is 0.547. The van der Waals surface area contributed by atoms with E-state index in [0.29, 0.717) is 37.6 Å². The Balaban J connectivity index is 1.54. The molecule has 1 fully saturated rings. The van der Waals surface area contributed by atoms with Crippen molar-refractivity contribution < 1.29 is 23.2 Å². The zero-order valence-corrected chi connectivity index (χ0v) is 18.1. The molecular weight excluding hydrogens is 422 g/mol. The second-order valence-corrected chi connectivity index (χ2v) is 9.25. The van der Waals surface area contributed by atoms with E-state index in [9.17, 15) is 13.2 Å². The number of amides is 1. The van der Waals surface area contributed by atoms with Gasteiger partial charge in [0.1, 0.15) is 12.1 Å². The molecule has 0 unspecified atom stereocenters. The highest BCUT2D eigenvalue weighted by Gasteiger charge is 2.23. The minimum absolute atomic E-state index is 0.125. The van der Waals surface area contributed by atoms with Crippen LogP contribution in [0.4, 0.5) is 10.6 Å². The number of hydroxylamine groups is 1. The molecule has 166 valence electrons. The Morgan fingerprint density at radius 2 is 1.90 bits per heavy atom. The molecule has 1 aromatic carbocycles. The lowest BCUT2D eigenvalue weighted by Gasteiger charge is -2.31. The van der Waals surface area contributed by atoms with Crippen LogP contribution in [-0.2, 0) is 9.84 Å². The molecule has 0 aliphatic carbocycles. The topological polar surface area (TPSA) is 134 Å². The third kappa shape index (κ3) is 6.07. The van der Waals surface area contributed by atoms with Gasteiger partial charge in [-0.2, -0.15) is 4.98 Å². The standard InChI is InChI=1S/C20H25N5O5S/c1-14-18(24-16-8-11-25(12-9-16)20(26)27)21-13-22-19(14)30-23-10-7-15-3-5-17(6-4-15)31(2,28)29/h3-7,10,13,16,23H,8-9,11-12H2,1-2H3,(H,26,27)(H,21,22,24). The first-order valence-corrected chi connectivity index (χ1v) is 11.6. The maximum absolute atomic E-state index is 11.5. The van der Waals surface area contributed by atoms with E-state index < -0.39 is 15.9 Å². The summed E-state index contributed by atoms with van der Waals surface area (Å²) >= 11 is 0. The van der Waals surface area contributed by atoms with Crippen LogP contribution < -0.4 is 15.6 Å². The summed E-state index contributed by atoms with van der Waals surface area (Å²) in [5, 5.41) is 12.4. The van der Waals surface area contributed by atoms with Gasteiger partial charge in [0.05, 0.1) is 10.5 Å². The number of hydrogen-bond acceptors (Lipinski definition) is 8. The predicted octanol–water partition coefficient (Wildman–Crippen LogP) is 2.30. The third-order valence-electron chi connectivity index (χ3n) is 4.95. The zero-order chi connectivity index (χ0) is 22.4. The number of sulfone groups is 1. The van der Waals surface area contributed by atoms with E-state index in [1.165, 1.54) is 17.5 Å². The van der Waals surface area contributed by atoms with Crippen molar-refractivity contribution in [1.82, 2.24) is 20.3 Å². The Kier molecular flexibility index (Phi) is 6.95. The fourth-order valence-corrected chi connectivity index (χ4v) is 3.77. The van der Waals surface area contributed by atoms with E-state index in [0.717, 1.165) is 11.1 Å². The van der Waals surface area contributed by atoms with Gasteiger partial charge in [0.2, 0.25) is 0 Å². The average molecular weight is 448 g/mol. The van der Waals surface area contributed by atoms with Gasteiger partial charge >= 0.3 is 6.09 Å². The van der Waals surface area contributed by atoms with Crippen molar-refractivity contribution in [1.29, 1.82) is 0 Å². The maximum Gasteiger partial charge on any atom is 0.407 e. The number of rotatable bonds is 7. The fourth-order valence-electron chi connectivity index (χ4n) is 3.14. The zero-order valence-electron chi connectivity index (χ0n) is 17.3. The Morgan fingerprint density at radius 3 is 2.52 bits per heavy atom. The molecule has 11 heteroatoms. The summed E-state index contributed by atoms with van der Waals surface area (Å²) < 4.78 is 23.0. The van der Waals surface area contributed by atoms with Gasteiger partial charge in [-0.05, 0) is 43.5 Å². The van der Waals surface area contributed by atoms with Gasteiger partial charge < -0.3 is 20.2 Å². The molecule has 0 bridgehead atoms. The van der Waals surface area contributed by atoms with E-state index in [-0.39, 0.29) is 10.9 Å². The van der Waals surface area contributed by atoms with Crippen LogP contribution in [0.2, 0.25) is 0 Å². The van der Waals surface area contributed by atoms with Crippen LogP contribution in [-0.4, -0.2) is 59.9 Å². The molecule has 0 radical (unpaired) electrons. The van der Waals surface area contributed by atoms with E-state index in [2.05, 4.69) is 20.8 Å². The number of likely N-dealkylation sites (tertiary alicyclic amines) is 1. The summed E-state index contributed by atoms with van der Waals surface area (Å²) in [6.07, 6.45) is 6.38. The highest BCUT2D eigenvalue weighted by atomic mass is 32.2. The number of benzene rings is 1. The highest BCUT2D eigenvalue weighted by Crippen LogP contribution is 2.23. The van der Waals surface area contributed by atoms with Gasteiger partial charge in [-0.1, -0.05) is 12.1 Å². The number of piperidine rings is 1. The van der Waals surface area contributed by atoms with E-state index in [1.807, 2.05) is 6.92 Å². The monoisotopic (exact) mass is 447 g/mol. The lowest BCUT2D eigenvalue weighted by Crippen LogP contribution is -2.41. The number of carboxylic acid groups (broad SMARTS) is 1.